The third-order valence-electron chi connectivity index (χ3n) is 3.02. The molecule has 1 unspecified atom stereocenters. The van der Waals surface area contributed by atoms with Crippen LogP contribution in [0.15, 0.2) is 42.5 Å². The van der Waals surface area contributed by atoms with Gasteiger partial charge in [-0.2, -0.15) is 0 Å². The third kappa shape index (κ3) is 4.16. The third-order valence-corrected chi connectivity index (χ3v) is 3.26. The van der Waals surface area contributed by atoms with Crippen LogP contribution in [0.2, 0.25) is 5.02 Å². The molecule has 0 spiro atoms. The molecule has 2 rings (SSSR count). The molecule has 0 bridgehead atoms. The first-order valence-electron chi connectivity index (χ1n) is 6.67. The van der Waals surface area contributed by atoms with E-state index in [0.717, 1.165) is 6.07 Å². The summed E-state index contributed by atoms with van der Waals surface area (Å²) >= 11 is 5.88. The molecule has 0 fully saturated rings. The second-order valence-electron chi connectivity index (χ2n) is 4.52. The van der Waals surface area contributed by atoms with Gasteiger partial charge >= 0.3 is 0 Å². The van der Waals surface area contributed by atoms with E-state index in [1.54, 1.807) is 30.3 Å². The Morgan fingerprint density at radius 1 is 1.19 bits per heavy atom. The highest BCUT2D eigenvalue weighted by atomic mass is 35.5. The summed E-state index contributed by atoms with van der Waals surface area (Å²) in [7, 11) is 0. The number of ether oxygens (including phenoxy) is 1. The van der Waals surface area contributed by atoms with Gasteiger partial charge in [-0.3, -0.25) is 0 Å². The van der Waals surface area contributed by atoms with E-state index in [1.807, 2.05) is 6.92 Å². The van der Waals surface area contributed by atoms with Crippen LogP contribution in [-0.2, 0) is 0 Å². The number of benzene rings is 2. The van der Waals surface area contributed by atoms with Gasteiger partial charge in [-0.15, -0.1) is 0 Å². The predicted octanol–water partition coefficient (Wildman–Crippen LogP) is 4.35. The van der Waals surface area contributed by atoms with Crippen LogP contribution in [0.4, 0.5) is 8.78 Å². The minimum absolute atomic E-state index is 0.175. The summed E-state index contributed by atoms with van der Waals surface area (Å²) in [5.41, 5.74) is 0.249. The van der Waals surface area contributed by atoms with Crippen LogP contribution in [0.5, 0.6) is 5.75 Å². The highest BCUT2D eigenvalue weighted by Gasteiger charge is 2.18. The molecule has 2 aromatic rings. The lowest BCUT2D eigenvalue weighted by Crippen LogP contribution is -2.27. The lowest BCUT2D eigenvalue weighted by atomic mass is 10.1. The number of halogens is 3. The molecule has 112 valence electrons. The van der Waals surface area contributed by atoms with Crippen LogP contribution in [0.3, 0.4) is 0 Å². The molecule has 0 aliphatic heterocycles. The average molecular weight is 312 g/mol. The summed E-state index contributed by atoms with van der Waals surface area (Å²) in [4.78, 5) is 0. The van der Waals surface area contributed by atoms with E-state index in [9.17, 15) is 8.78 Å². The van der Waals surface area contributed by atoms with E-state index in [-0.39, 0.29) is 12.2 Å². The highest BCUT2D eigenvalue weighted by Crippen LogP contribution is 2.22. The molecule has 5 heteroatoms. The quantitative estimate of drug-likeness (QED) is 0.856. The average Bonchev–Trinajstić information content (AvgIpc) is 2.47. The van der Waals surface area contributed by atoms with E-state index >= 15 is 0 Å². The summed E-state index contributed by atoms with van der Waals surface area (Å²) in [6.45, 7) is 2.68. The van der Waals surface area contributed by atoms with E-state index in [4.69, 9.17) is 16.3 Å². The van der Waals surface area contributed by atoms with Crippen molar-refractivity contribution in [2.24, 2.45) is 0 Å². The zero-order valence-corrected chi connectivity index (χ0v) is 12.3. The van der Waals surface area contributed by atoms with Crippen LogP contribution in [0, 0.1) is 11.6 Å². The molecular weight excluding hydrogens is 296 g/mol. The summed E-state index contributed by atoms with van der Waals surface area (Å²) in [6, 6.07) is 10.6. The molecule has 0 amide bonds. The van der Waals surface area contributed by atoms with Crippen LogP contribution in [0.25, 0.3) is 0 Å². The van der Waals surface area contributed by atoms with Gasteiger partial charge in [0.15, 0.2) is 11.6 Å². The smallest absolute Gasteiger partial charge is 0.163 e. The minimum atomic E-state index is -0.863. The molecule has 21 heavy (non-hydrogen) atoms. The molecule has 0 aromatic heterocycles. The number of nitrogens with one attached hydrogen (secondary N) is 1. The highest BCUT2D eigenvalue weighted by molar-refractivity contribution is 6.30. The Kier molecular flexibility index (Phi) is 5.53. The molecule has 0 aliphatic rings. The Morgan fingerprint density at radius 2 is 1.95 bits per heavy atom. The van der Waals surface area contributed by atoms with Crippen molar-refractivity contribution in [3.8, 4) is 5.75 Å². The molecule has 1 N–H and O–H groups in total. The fraction of sp³-hybridized carbons (Fsp3) is 0.250. The van der Waals surface area contributed by atoms with Gasteiger partial charge in [0, 0.05) is 10.6 Å². The molecule has 0 radical (unpaired) electrons. The summed E-state index contributed by atoms with van der Waals surface area (Å²) < 4.78 is 32.8. The van der Waals surface area contributed by atoms with Gasteiger partial charge in [0.2, 0.25) is 0 Å². The Hall–Kier alpha value is -1.65. The number of hydrogen-bond acceptors (Lipinski definition) is 2. The second-order valence-corrected chi connectivity index (χ2v) is 4.96. The van der Waals surface area contributed by atoms with Crippen molar-refractivity contribution in [1.29, 1.82) is 0 Å². The number of hydrogen-bond donors (Lipinski definition) is 1. The number of likely N-dealkylation sites (N-methyl/N-ethyl adjacent to an activating group) is 1. The van der Waals surface area contributed by atoms with E-state index in [0.29, 0.717) is 17.3 Å². The van der Waals surface area contributed by atoms with E-state index in [2.05, 4.69) is 5.32 Å². The minimum Gasteiger partial charge on any atom is -0.492 e. The SMILES string of the molecule is CCNC(COc1cccc(Cl)c1)c1cccc(F)c1F. The molecule has 0 saturated carbocycles. The van der Waals surface area contributed by atoms with Crippen LogP contribution in [0.1, 0.15) is 18.5 Å². The van der Waals surface area contributed by atoms with Crippen molar-refractivity contribution in [1.82, 2.24) is 5.32 Å². The molecule has 2 aromatic carbocycles. The first-order valence-corrected chi connectivity index (χ1v) is 7.05. The lowest BCUT2D eigenvalue weighted by molar-refractivity contribution is 0.263. The van der Waals surface area contributed by atoms with E-state index < -0.39 is 17.7 Å². The van der Waals surface area contributed by atoms with Gasteiger partial charge in [0.25, 0.3) is 0 Å². The number of rotatable bonds is 6. The van der Waals surface area contributed by atoms with Crippen molar-refractivity contribution >= 4 is 11.6 Å². The van der Waals surface area contributed by atoms with Crippen molar-refractivity contribution in [2.45, 2.75) is 13.0 Å². The normalized spacial score (nSPS) is 12.2. The summed E-state index contributed by atoms with van der Waals surface area (Å²) in [5.74, 6) is -1.13. The zero-order chi connectivity index (χ0) is 15.2. The van der Waals surface area contributed by atoms with Gasteiger partial charge in [0.1, 0.15) is 12.4 Å². The fourth-order valence-electron chi connectivity index (χ4n) is 2.03. The van der Waals surface area contributed by atoms with Crippen LogP contribution in [-0.4, -0.2) is 13.2 Å². The van der Waals surface area contributed by atoms with Crippen LogP contribution < -0.4 is 10.1 Å². The van der Waals surface area contributed by atoms with Gasteiger partial charge < -0.3 is 10.1 Å². The Bertz CT molecular complexity index is 607. The monoisotopic (exact) mass is 311 g/mol. The van der Waals surface area contributed by atoms with Gasteiger partial charge in [-0.1, -0.05) is 36.7 Å². The Morgan fingerprint density at radius 3 is 2.67 bits per heavy atom. The summed E-state index contributed by atoms with van der Waals surface area (Å²) in [5, 5.41) is 3.65. The standard InChI is InChI=1S/C16H16ClF2NO/c1-2-20-15(13-7-4-8-14(18)16(13)19)10-21-12-6-3-5-11(17)9-12/h3-9,15,20H,2,10H2,1H3. The second kappa shape index (κ2) is 7.38. The molecular formula is C16H16ClF2NO. The van der Waals surface area contributed by atoms with Crippen molar-refractivity contribution in [3.05, 3.63) is 64.7 Å². The maximum Gasteiger partial charge on any atom is 0.163 e. The summed E-state index contributed by atoms with van der Waals surface area (Å²) in [6.07, 6.45) is 0. The molecule has 1 atom stereocenters. The lowest BCUT2D eigenvalue weighted by Gasteiger charge is -2.19. The molecule has 2 nitrogen and oxygen atoms in total. The van der Waals surface area contributed by atoms with Crippen molar-refractivity contribution in [2.75, 3.05) is 13.2 Å². The first kappa shape index (κ1) is 15.7. The molecule has 0 heterocycles. The topological polar surface area (TPSA) is 21.3 Å². The molecule has 0 saturated heterocycles. The van der Waals surface area contributed by atoms with E-state index in [1.165, 1.54) is 6.07 Å². The molecule has 0 aliphatic carbocycles. The Labute approximate surface area is 127 Å². The van der Waals surface area contributed by atoms with Gasteiger partial charge in [-0.25, -0.2) is 8.78 Å². The Balaban J connectivity index is 2.14. The fourth-order valence-corrected chi connectivity index (χ4v) is 2.21. The largest absolute Gasteiger partial charge is 0.492 e. The van der Waals surface area contributed by atoms with Crippen molar-refractivity contribution in [3.63, 3.8) is 0 Å². The first-order chi connectivity index (χ1) is 10.1. The zero-order valence-electron chi connectivity index (χ0n) is 11.6. The maximum atomic E-state index is 13.9. The van der Waals surface area contributed by atoms with Crippen LogP contribution >= 0.6 is 11.6 Å². The maximum absolute atomic E-state index is 13.9. The van der Waals surface area contributed by atoms with Gasteiger partial charge in [-0.05, 0) is 30.8 Å². The van der Waals surface area contributed by atoms with Gasteiger partial charge in [0.05, 0.1) is 6.04 Å². The van der Waals surface area contributed by atoms with Crippen molar-refractivity contribution < 1.29 is 13.5 Å². The predicted molar refractivity (Wildman–Crippen MR) is 79.7 cm³/mol.